The lowest BCUT2D eigenvalue weighted by Crippen LogP contribution is -1.98. The van der Waals surface area contributed by atoms with Gasteiger partial charge in [-0.25, -0.2) is 9.18 Å². The average molecular weight is 276 g/mol. The fourth-order valence-electron chi connectivity index (χ4n) is 1.85. The lowest BCUT2D eigenvalue weighted by molar-refractivity contribution is 0.0696. The van der Waals surface area contributed by atoms with Crippen LogP contribution >= 0.6 is 0 Å². The topological polar surface area (TPSA) is 55.8 Å². The molecule has 0 aliphatic heterocycles. The van der Waals surface area contributed by atoms with E-state index in [-0.39, 0.29) is 11.1 Å². The van der Waals surface area contributed by atoms with Crippen LogP contribution in [0, 0.1) is 5.82 Å². The van der Waals surface area contributed by atoms with E-state index < -0.39 is 11.8 Å². The van der Waals surface area contributed by atoms with Crippen molar-refractivity contribution in [3.05, 3.63) is 47.8 Å². The third kappa shape index (κ3) is 2.71. The summed E-state index contributed by atoms with van der Waals surface area (Å²) >= 11 is 0. The van der Waals surface area contributed by atoms with Crippen molar-refractivity contribution in [2.45, 2.75) is 0 Å². The number of carbonyl (C=O) groups is 1. The molecule has 0 saturated carbocycles. The molecule has 2 aromatic rings. The van der Waals surface area contributed by atoms with E-state index >= 15 is 0 Å². The predicted molar refractivity (Wildman–Crippen MR) is 71.9 cm³/mol. The molecule has 5 heteroatoms. The molecule has 2 aromatic carbocycles. The van der Waals surface area contributed by atoms with Crippen LogP contribution in [0.2, 0.25) is 0 Å². The highest BCUT2D eigenvalue weighted by atomic mass is 19.1. The number of methoxy groups -OCH3 is 2. The zero-order valence-corrected chi connectivity index (χ0v) is 11.0. The van der Waals surface area contributed by atoms with Crippen LogP contribution in [0.1, 0.15) is 10.4 Å². The number of ether oxygens (including phenoxy) is 2. The molecule has 0 atom stereocenters. The minimum Gasteiger partial charge on any atom is -0.497 e. The summed E-state index contributed by atoms with van der Waals surface area (Å²) < 4.78 is 24.0. The van der Waals surface area contributed by atoms with Gasteiger partial charge < -0.3 is 14.6 Å². The lowest BCUT2D eigenvalue weighted by Gasteiger charge is -2.09. The Labute approximate surface area is 115 Å². The summed E-state index contributed by atoms with van der Waals surface area (Å²) in [5, 5.41) is 9.07. The van der Waals surface area contributed by atoms with Crippen molar-refractivity contribution >= 4 is 5.97 Å². The fourth-order valence-corrected chi connectivity index (χ4v) is 1.85. The Balaban J connectivity index is 2.62. The van der Waals surface area contributed by atoms with Gasteiger partial charge in [0.2, 0.25) is 0 Å². The molecule has 0 fully saturated rings. The summed E-state index contributed by atoms with van der Waals surface area (Å²) in [6, 6.07) is 8.62. The van der Waals surface area contributed by atoms with Gasteiger partial charge in [0, 0.05) is 5.56 Å². The summed E-state index contributed by atoms with van der Waals surface area (Å²) in [4.78, 5) is 11.1. The summed E-state index contributed by atoms with van der Waals surface area (Å²) in [6.45, 7) is 0. The first-order valence-electron chi connectivity index (χ1n) is 5.81. The summed E-state index contributed by atoms with van der Waals surface area (Å²) in [6.07, 6.45) is 0. The smallest absolute Gasteiger partial charge is 0.335 e. The van der Waals surface area contributed by atoms with Crippen molar-refractivity contribution in [1.82, 2.24) is 0 Å². The second kappa shape index (κ2) is 5.61. The van der Waals surface area contributed by atoms with Gasteiger partial charge in [0.15, 0.2) is 0 Å². The molecule has 1 N–H and O–H groups in total. The quantitative estimate of drug-likeness (QED) is 0.931. The monoisotopic (exact) mass is 276 g/mol. The molecule has 4 nitrogen and oxygen atoms in total. The van der Waals surface area contributed by atoms with Crippen LogP contribution in [0.15, 0.2) is 36.4 Å². The number of hydrogen-bond donors (Lipinski definition) is 1. The maximum atomic E-state index is 13.9. The predicted octanol–water partition coefficient (Wildman–Crippen LogP) is 3.21. The Hall–Kier alpha value is -2.56. The van der Waals surface area contributed by atoms with Gasteiger partial charge in [-0.1, -0.05) is 0 Å². The first-order chi connectivity index (χ1) is 9.55. The number of aromatic carboxylic acids is 1. The molecule has 20 heavy (non-hydrogen) atoms. The van der Waals surface area contributed by atoms with Gasteiger partial charge in [0.1, 0.15) is 17.3 Å². The number of carboxylic acid groups (broad SMARTS) is 1. The van der Waals surface area contributed by atoms with Crippen LogP contribution in [0.5, 0.6) is 11.5 Å². The molecule has 0 aliphatic carbocycles. The van der Waals surface area contributed by atoms with Gasteiger partial charge in [0.05, 0.1) is 19.8 Å². The molecule has 0 unspecified atom stereocenters. The third-order valence-corrected chi connectivity index (χ3v) is 2.87. The Kier molecular flexibility index (Phi) is 3.89. The molecular formula is C15H13FO4. The molecule has 0 spiro atoms. The molecule has 0 aromatic heterocycles. The zero-order chi connectivity index (χ0) is 14.7. The molecule has 2 rings (SSSR count). The second-order valence-corrected chi connectivity index (χ2v) is 4.10. The highest BCUT2D eigenvalue weighted by Crippen LogP contribution is 2.30. The highest BCUT2D eigenvalue weighted by molar-refractivity contribution is 5.90. The van der Waals surface area contributed by atoms with Gasteiger partial charge in [-0.2, -0.15) is 0 Å². The highest BCUT2D eigenvalue weighted by Gasteiger charge is 2.12. The van der Waals surface area contributed by atoms with Crippen LogP contribution in [-0.4, -0.2) is 25.3 Å². The minimum absolute atomic E-state index is 0.0292. The number of halogens is 1. The van der Waals surface area contributed by atoms with Gasteiger partial charge in [-0.05, 0) is 42.0 Å². The number of carboxylic acids is 1. The summed E-state index contributed by atoms with van der Waals surface area (Å²) in [5.41, 5.74) is 0.700. The van der Waals surface area contributed by atoms with E-state index in [1.165, 1.54) is 44.6 Å². The Morgan fingerprint density at radius 2 is 1.75 bits per heavy atom. The first-order valence-corrected chi connectivity index (χ1v) is 5.81. The van der Waals surface area contributed by atoms with Crippen molar-refractivity contribution < 1.29 is 23.8 Å². The fraction of sp³-hybridized carbons (Fsp3) is 0.133. The van der Waals surface area contributed by atoms with Crippen molar-refractivity contribution in [2.75, 3.05) is 14.2 Å². The van der Waals surface area contributed by atoms with Crippen LogP contribution in [-0.2, 0) is 0 Å². The molecular weight excluding hydrogens is 263 g/mol. The Morgan fingerprint density at radius 3 is 2.35 bits per heavy atom. The van der Waals surface area contributed by atoms with E-state index in [0.29, 0.717) is 17.1 Å². The number of rotatable bonds is 4. The van der Waals surface area contributed by atoms with Crippen LogP contribution in [0.25, 0.3) is 11.1 Å². The van der Waals surface area contributed by atoms with E-state index in [0.717, 1.165) is 0 Å². The molecule has 104 valence electrons. The van der Waals surface area contributed by atoms with Crippen molar-refractivity contribution in [3.8, 4) is 22.6 Å². The van der Waals surface area contributed by atoms with E-state index in [1.54, 1.807) is 6.07 Å². The van der Waals surface area contributed by atoms with Crippen molar-refractivity contribution in [1.29, 1.82) is 0 Å². The van der Waals surface area contributed by atoms with Crippen molar-refractivity contribution in [2.24, 2.45) is 0 Å². The van der Waals surface area contributed by atoms with E-state index in [9.17, 15) is 9.18 Å². The summed E-state index contributed by atoms with van der Waals surface area (Å²) in [7, 11) is 2.90. The average Bonchev–Trinajstić information content (AvgIpc) is 2.47. The second-order valence-electron chi connectivity index (χ2n) is 4.10. The molecule has 0 radical (unpaired) electrons. The number of benzene rings is 2. The van der Waals surface area contributed by atoms with E-state index in [4.69, 9.17) is 14.6 Å². The minimum atomic E-state index is -1.10. The zero-order valence-electron chi connectivity index (χ0n) is 11.0. The van der Waals surface area contributed by atoms with Gasteiger partial charge in [-0.15, -0.1) is 0 Å². The lowest BCUT2D eigenvalue weighted by atomic mass is 10.0. The largest absolute Gasteiger partial charge is 0.497 e. The van der Waals surface area contributed by atoms with Crippen molar-refractivity contribution in [3.63, 3.8) is 0 Å². The van der Waals surface area contributed by atoms with Crippen LogP contribution in [0.3, 0.4) is 0 Å². The molecule has 0 heterocycles. The molecule has 0 saturated heterocycles. The first kappa shape index (κ1) is 13.9. The molecule has 0 bridgehead atoms. The normalized spacial score (nSPS) is 10.2. The maximum Gasteiger partial charge on any atom is 0.335 e. The maximum absolute atomic E-state index is 13.9. The Morgan fingerprint density at radius 1 is 1.05 bits per heavy atom. The number of hydrogen-bond acceptors (Lipinski definition) is 3. The van der Waals surface area contributed by atoms with Gasteiger partial charge in [-0.3, -0.25) is 0 Å². The third-order valence-electron chi connectivity index (χ3n) is 2.87. The standard InChI is InChI=1S/C15H13FO4/c1-19-11-3-4-14(16)13(8-11)9-5-10(15(17)18)7-12(6-9)20-2/h3-8H,1-2H3,(H,17,18). The van der Waals surface area contributed by atoms with Gasteiger partial charge >= 0.3 is 5.97 Å². The molecule has 0 aliphatic rings. The Bertz CT molecular complexity index is 652. The SMILES string of the molecule is COc1cc(C(=O)O)cc(-c2cc(OC)ccc2F)c1. The van der Waals surface area contributed by atoms with E-state index in [1.807, 2.05) is 0 Å². The van der Waals surface area contributed by atoms with Crippen LogP contribution < -0.4 is 9.47 Å². The van der Waals surface area contributed by atoms with Gasteiger partial charge in [0.25, 0.3) is 0 Å². The molecule has 0 amide bonds. The van der Waals surface area contributed by atoms with Crippen LogP contribution in [0.4, 0.5) is 4.39 Å². The summed E-state index contributed by atoms with van der Waals surface area (Å²) in [5.74, 6) is -0.730. The van der Waals surface area contributed by atoms with E-state index in [2.05, 4.69) is 0 Å².